The van der Waals surface area contributed by atoms with Crippen LogP contribution in [0.1, 0.15) is 47.2 Å². The molecule has 128 valence electrons. The van der Waals surface area contributed by atoms with E-state index in [0.29, 0.717) is 11.1 Å². The van der Waals surface area contributed by atoms with Gasteiger partial charge in [0.25, 0.3) is 5.91 Å². The molecule has 0 unspecified atom stereocenters. The van der Waals surface area contributed by atoms with Crippen molar-refractivity contribution in [3.05, 3.63) is 58.7 Å². The minimum Gasteiger partial charge on any atom is -0.346 e. The molecule has 1 aromatic heterocycles. The molecule has 2 aromatic rings. The highest BCUT2D eigenvalue weighted by Crippen LogP contribution is 2.19. The van der Waals surface area contributed by atoms with Gasteiger partial charge in [-0.25, -0.2) is 4.39 Å². The first-order valence-electron chi connectivity index (χ1n) is 7.81. The summed E-state index contributed by atoms with van der Waals surface area (Å²) in [4.78, 5) is 24.1. The molecule has 2 amide bonds. The smallest absolute Gasteiger partial charge is 0.271 e. The van der Waals surface area contributed by atoms with Gasteiger partial charge in [-0.3, -0.25) is 20.4 Å². The maximum Gasteiger partial charge on any atom is 0.271 e. The zero-order valence-electron chi connectivity index (χ0n) is 14.3. The predicted molar refractivity (Wildman–Crippen MR) is 90.0 cm³/mol. The number of hydrogen-bond acceptors (Lipinski definition) is 2. The molecule has 0 spiro atoms. The van der Waals surface area contributed by atoms with Crippen LogP contribution in [-0.2, 0) is 11.2 Å². The number of nitrogens with zero attached hydrogens (tertiary/aromatic N) is 1. The molecule has 2 rings (SSSR count). The Balaban J connectivity index is 1.97. The van der Waals surface area contributed by atoms with E-state index in [1.165, 1.54) is 24.3 Å². The standard InChI is InChI=1S/C18H22FN3O2/c1-11(2)22-12(3)9-16(13(22)4)18(24)21-20-17(23)10-14-5-7-15(19)8-6-14/h5-9,11H,10H2,1-4H3,(H,20,23)(H,21,24). The third kappa shape index (κ3) is 4.01. The Morgan fingerprint density at radius 3 is 2.29 bits per heavy atom. The van der Waals surface area contributed by atoms with Gasteiger partial charge in [0.15, 0.2) is 0 Å². The van der Waals surface area contributed by atoms with Gasteiger partial charge in [0, 0.05) is 17.4 Å². The summed E-state index contributed by atoms with van der Waals surface area (Å²) in [6.45, 7) is 7.91. The summed E-state index contributed by atoms with van der Waals surface area (Å²) in [5, 5.41) is 0. The van der Waals surface area contributed by atoms with Crippen LogP contribution in [0.4, 0.5) is 4.39 Å². The molecule has 2 N–H and O–H groups in total. The Morgan fingerprint density at radius 2 is 1.75 bits per heavy atom. The van der Waals surface area contributed by atoms with Gasteiger partial charge in [0.2, 0.25) is 5.91 Å². The van der Waals surface area contributed by atoms with Crippen molar-refractivity contribution in [3.8, 4) is 0 Å². The Labute approximate surface area is 140 Å². The lowest BCUT2D eigenvalue weighted by atomic mass is 10.1. The highest BCUT2D eigenvalue weighted by atomic mass is 19.1. The van der Waals surface area contributed by atoms with Crippen molar-refractivity contribution in [2.75, 3.05) is 0 Å². The van der Waals surface area contributed by atoms with Crippen molar-refractivity contribution in [2.24, 2.45) is 0 Å². The van der Waals surface area contributed by atoms with Crippen LogP contribution in [0.25, 0.3) is 0 Å². The second kappa shape index (κ2) is 7.29. The van der Waals surface area contributed by atoms with Crippen molar-refractivity contribution in [1.29, 1.82) is 0 Å². The molecule has 1 heterocycles. The molecule has 0 saturated heterocycles. The van der Waals surface area contributed by atoms with E-state index in [-0.39, 0.29) is 30.1 Å². The Hall–Kier alpha value is -2.63. The minimum atomic E-state index is -0.368. The summed E-state index contributed by atoms with van der Waals surface area (Å²) in [5.74, 6) is -1.08. The normalized spacial score (nSPS) is 10.8. The molecule has 0 bridgehead atoms. The topological polar surface area (TPSA) is 63.1 Å². The van der Waals surface area contributed by atoms with E-state index >= 15 is 0 Å². The average Bonchev–Trinajstić information content (AvgIpc) is 2.82. The summed E-state index contributed by atoms with van der Waals surface area (Å²) in [7, 11) is 0. The van der Waals surface area contributed by atoms with E-state index in [2.05, 4.69) is 15.4 Å². The summed E-state index contributed by atoms with van der Waals surface area (Å²) in [5.41, 5.74) is 7.86. The van der Waals surface area contributed by atoms with E-state index in [1.807, 2.05) is 27.7 Å². The first-order chi connectivity index (χ1) is 11.3. The Morgan fingerprint density at radius 1 is 1.12 bits per heavy atom. The van der Waals surface area contributed by atoms with Crippen LogP contribution in [0.15, 0.2) is 30.3 Å². The van der Waals surface area contributed by atoms with Gasteiger partial charge in [0.05, 0.1) is 12.0 Å². The van der Waals surface area contributed by atoms with Crippen LogP contribution in [0.2, 0.25) is 0 Å². The molecular formula is C18H22FN3O2. The summed E-state index contributed by atoms with van der Waals surface area (Å²) in [6, 6.07) is 7.71. The zero-order chi connectivity index (χ0) is 17.9. The van der Waals surface area contributed by atoms with Gasteiger partial charge in [-0.2, -0.15) is 0 Å². The van der Waals surface area contributed by atoms with E-state index in [4.69, 9.17) is 0 Å². The van der Waals surface area contributed by atoms with Crippen molar-refractivity contribution < 1.29 is 14.0 Å². The molecular weight excluding hydrogens is 309 g/mol. The molecule has 0 aliphatic carbocycles. The number of hydrazine groups is 1. The van der Waals surface area contributed by atoms with Crippen LogP contribution >= 0.6 is 0 Å². The first-order valence-corrected chi connectivity index (χ1v) is 7.81. The highest BCUT2D eigenvalue weighted by molar-refractivity contribution is 5.96. The van der Waals surface area contributed by atoms with Crippen LogP contribution in [0.3, 0.4) is 0 Å². The summed E-state index contributed by atoms with van der Waals surface area (Å²) in [6.07, 6.45) is 0.0611. The molecule has 1 aromatic carbocycles. The third-order valence-corrected chi connectivity index (χ3v) is 3.84. The van der Waals surface area contributed by atoms with Gasteiger partial charge >= 0.3 is 0 Å². The molecule has 0 saturated carbocycles. The molecule has 0 atom stereocenters. The van der Waals surface area contributed by atoms with Gasteiger partial charge in [-0.05, 0) is 51.5 Å². The molecule has 0 radical (unpaired) electrons. The molecule has 6 heteroatoms. The van der Waals surface area contributed by atoms with Crippen molar-refractivity contribution >= 4 is 11.8 Å². The molecule has 0 aliphatic rings. The number of hydrogen-bond donors (Lipinski definition) is 2. The summed E-state index contributed by atoms with van der Waals surface area (Å²) < 4.78 is 14.9. The molecule has 24 heavy (non-hydrogen) atoms. The number of carbonyl (C=O) groups excluding carboxylic acids is 2. The lowest BCUT2D eigenvalue weighted by Crippen LogP contribution is -2.42. The van der Waals surface area contributed by atoms with Crippen molar-refractivity contribution in [3.63, 3.8) is 0 Å². The summed E-state index contributed by atoms with van der Waals surface area (Å²) >= 11 is 0. The van der Waals surface area contributed by atoms with Gasteiger partial charge < -0.3 is 4.57 Å². The number of rotatable bonds is 4. The second-order valence-electron chi connectivity index (χ2n) is 6.05. The lowest BCUT2D eigenvalue weighted by molar-refractivity contribution is -0.121. The average molecular weight is 331 g/mol. The predicted octanol–water partition coefficient (Wildman–Crippen LogP) is 2.83. The number of nitrogens with one attached hydrogen (secondary N) is 2. The fourth-order valence-corrected chi connectivity index (χ4v) is 2.83. The zero-order valence-corrected chi connectivity index (χ0v) is 14.3. The monoisotopic (exact) mass is 331 g/mol. The fraction of sp³-hybridized carbons (Fsp3) is 0.333. The molecule has 0 fully saturated rings. The minimum absolute atomic E-state index is 0.0611. The van der Waals surface area contributed by atoms with Crippen molar-refractivity contribution in [2.45, 2.75) is 40.2 Å². The number of benzene rings is 1. The van der Waals surface area contributed by atoms with Crippen LogP contribution in [0.5, 0.6) is 0 Å². The van der Waals surface area contributed by atoms with E-state index in [1.54, 1.807) is 6.07 Å². The van der Waals surface area contributed by atoms with Crippen LogP contribution in [0, 0.1) is 19.7 Å². The van der Waals surface area contributed by atoms with E-state index in [9.17, 15) is 14.0 Å². The second-order valence-corrected chi connectivity index (χ2v) is 6.05. The van der Waals surface area contributed by atoms with Crippen LogP contribution in [-0.4, -0.2) is 16.4 Å². The SMILES string of the molecule is Cc1cc(C(=O)NNC(=O)Cc2ccc(F)cc2)c(C)n1C(C)C. The number of carbonyl (C=O) groups is 2. The maximum atomic E-state index is 12.8. The molecule has 5 nitrogen and oxygen atoms in total. The van der Waals surface area contributed by atoms with Crippen molar-refractivity contribution in [1.82, 2.24) is 15.4 Å². The third-order valence-electron chi connectivity index (χ3n) is 3.84. The quantitative estimate of drug-likeness (QED) is 0.846. The Bertz CT molecular complexity index is 748. The largest absolute Gasteiger partial charge is 0.346 e. The lowest BCUT2D eigenvalue weighted by Gasteiger charge is -2.13. The Kier molecular flexibility index (Phi) is 5.39. The fourth-order valence-electron chi connectivity index (χ4n) is 2.83. The number of aromatic nitrogens is 1. The van der Waals surface area contributed by atoms with Crippen LogP contribution < -0.4 is 10.9 Å². The number of aryl methyl sites for hydroxylation is 1. The number of amides is 2. The van der Waals surface area contributed by atoms with Gasteiger partial charge in [-0.15, -0.1) is 0 Å². The maximum absolute atomic E-state index is 12.8. The van der Waals surface area contributed by atoms with Gasteiger partial charge in [-0.1, -0.05) is 12.1 Å². The highest BCUT2D eigenvalue weighted by Gasteiger charge is 2.17. The number of halogens is 1. The molecule has 0 aliphatic heterocycles. The van der Waals surface area contributed by atoms with E-state index < -0.39 is 0 Å². The van der Waals surface area contributed by atoms with Gasteiger partial charge in [0.1, 0.15) is 5.82 Å². The van der Waals surface area contributed by atoms with E-state index in [0.717, 1.165) is 11.4 Å². The first kappa shape index (κ1) is 17.7.